The van der Waals surface area contributed by atoms with Gasteiger partial charge >= 0.3 is 0 Å². The highest BCUT2D eigenvalue weighted by molar-refractivity contribution is 5.81. The minimum Gasteiger partial charge on any atom is -0.339 e. The predicted octanol–water partition coefficient (Wildman–Crippen LogP) is 0.499. The molecule has 2 N–H and O–H groups in total. The largest absolute Gasteiger partial charge is 0.339 e. The van der Waals surface area contributed by atoms with Crippen LogP contribution in [-0.4, -0.2) is 53.0 Å². The Balaban J connectivity index is 1.38. The lowest BCUT2D eigenvalue weighted by Crippen LogP contribution is -2.54. The summed E-state index contributed by atoms with van der Waals surface area (Å²) in [7, 11) is 0. The third-order valence-electron chi connectivity index (χ3n) is 5.69. The summed E-state index contributed by atoms with van der Waals surface area (Å²) in [4.78, 5) is 25.6. The van der Waals surface area contributed by atoms with Crippen molar-refractivity contribution in [2.45, 2.75) is 25.3 Å². The van der Waals surface area contributed by atoms with Crippen LogP contribution in [0.5, 0.6) is 0 Å². The number of anilines is 1. The Morgan fingerprint density at radius 1 is 1.09 bits per heavy atom. The van der Waals surface area contributed by atoms with E-state index in [9.17, 15) is 4.79 Å². The van der Waals surface area contributed by atoms with Gasteiger partial charge in [-0.1, -0.05) is 0 Å². The lowest BCUT2D eigenvalue weighted by atomic mass is 9.84. The highest BCUT2D eigenvalue weighted by atomic mass is 16.2. The maximum Gasteiger partial charge on any atom is 0.227 e. The number of aromatic nitrogens is 2. The van der Waals surface area contributed by atoms with E-state index >= 15 is 0 Å². The van der Waals surface area contributed by atoms with Gasteiger partial charge in [0.25, 0.3) is 0 Å². The SMILES string of the molecule is NC1C2CCC(C2)C1C(=O)N1CCN(c2ncccn2)CC1. The third-order valence-corrected chi connectivity index (χ3v) is 5.69. The van der Waals surface area contributed by atoms with Crippen molar-refractivity contribution in [2.75, 3.05) is 31.1 Å². The zero-order valence-electron chi connectivity index (χ0n) is 12.8. The molecule has 6 heteroatoms. The van der Waals surface area contributed by atoms with Crippen molar-refractivity contribution < 1.29 is 4.79 Å². The molecule has 1 aliphatic heterocycles. The zero-order valence-corrected chi connectivity index (χ0v) is 12.8. The Labute approximate surface area is 130 Å². The van der Waals surface area contributed by atoms with E-state index in [-0.39, 0.29) is 17.9 Å². The number of hydrogen-bond donors (Lipinski definition) is 1. The van der Waals surface area contributed by atoms with Crippen molar-refractivity contribution in [2.24, 2.45) is 23.5 Å². The summed E-state index contributed by atoms with van der Waals surface area (Å²) >= 11 is 0. The highest BCUT2D eigenvalue weighted by Crippen LogP contribution is 2.48. The maximum absolute atomic E-state index is 12.8. The Bertz CT molecular complexity index is 541. The van der Waals surface area contributed by atoms with Crippen LogP contribution in [0.25, 0.3) is 0 Å². The average molecular weight is 301 g/mol. The van der Waals surface area contributed by atoms with Crippen LogP contribution < -0.4 is 10.6 Å². The van der Waals surface area contributed by atoms with Crippen LogP contribution in [0.4, 0.5) is 5.95 Å². The van der Waals surface area contributed by atoms with Crippen LogP contribution in [-0.2, 0) is 4.79 Å². The van der Waals surface area contributed by atoms with E-state index in [0.29, 0.717) is 11.8 Å². The molecule has 1 saturated heterocycles. The monoisotopic (exact) mass is 301 g/mol. The Morgan fingerprint density at radius 2 is 1.77 bits per heavy atom. The van der Waals surface area contributed by atoms with Crippen molar-refractivity contribution in [3.8, 4) is 0 Å². The standard InChI is InChI=1S/C16H23N5O/c17-14-12-3-2-11(10-12)13(14)15(22)20-6-8-21(9-7-20)16-18-4-1-5-19-16/h1,4-5,11-14H,2-3,6-10,17H2. The smallest absolute Gasteiger partial charge is 0.227 e. The first kappa shape index (κ1) is 13.9. The number of nitrogens with zero attached hydrogens (tertiary/aromatic N) is 4. The lowest BCUT2D eigenvalue weighted by Gasteiger charge is -2.38. The normalized spacial score (nSPS) is 34.2. The van der Waals surface area contributed by atoms with E-state index in [4.69, 9.17) is 5.73 Å². The lowest BCUT2D eigenvalue weighted by molar-refractivity contribution is -0.138. The van der Waals surface area contributed by atoms with Crippen LogP contribution in [0.2, 0.25) is 0 Å². The zero-order chi connectivity index (χ0) is 15.1. The molecule has 2 aliphatic carbocycles. The van der Waals surface area contributed by atoms with Crippen LogP contribution in [0.1, 0.15) is 19.3 Å². The molecule has 1 aromatic rings. The van der Waals surface area contributed by atoms with Gasteiger partial charge in [-0.2, -0.15) is 0 Å². The van der Waals surface area contributed by atoms with Gasteiger partial charge in [0.15, 0.2) is 0 Å². The molecule has 2 heterocycles. The molecule has 0 aromatic carbocycles. The summed E-state index contributed by atoms with van der Waals surface area (Å²) in [6.07, 6.45) is 7.08. The second-order valence-corrected chi connectivity index (χ2v) is 6.80. The van der Waals surface area contributed by atoms with Crippen LogP contribution in [0.3, 0.4) is 0 Å². The molecule has 1 amide bonds. The molecule has 4 unspecified atom stereocenters. The minimum absolute atomic E-state index is 0.0678. The number of piperazine rings is 1. The average Bonchev–Trinajstić information content (AvgIpc) is 3.16. The topological polar surface area (TPSA) is 75.4 Å². The van der Waals surface area contributed by atoms with Gasteiger partial charge in [-0.05, 0) is 37.2 Å². The van der Waals surface area contributed by atoms with Gasteiger partial charge in [0.2, 0.25) is 11.9 Å². The molecule has 4 atom stereocenters. The number of hydrogen-bond acceptors (Lipinski definition) is 5. The van der Waals surface area contributed by atoms with E-state index in [1.54, 1.807) is 12.4 Å². The van der Waals surface area contributed by atoms with Gasteiger partial charge in [0, 0.05) is 44.6 Å². The van der Waals surface area contributed by atoms with Crippen molar-refractivity contribution in [3.05, 3.63) is 18.5 Å². The summed E-state index contributed by atoms with van der Waals surface area (Å²) in [5, 5.41) is 0. The summed E-state index contributed by atoms with van der Waals surface area (Å²) in [6, 6.07) is 1.90. The molecule has 1 aromatic heterocycles. The molecule has 4 rings (SSSR count). The number of rotatable bonds is 2. The van der Waals surface area contributed by atoms with E-state index in [1.165, 1.54) is 12.8 Å². The first-order valence-corrected chi connectivity index (χ1v) is 8.30. The maximum atomic E-state index is 12.8. The number of carbonyl (C=O) groups is 1. The highest BCUT2D eigenvalue weighted by Gasteiger charge is 2.50. The fraction of sp³-hybridized carbons (Fsp3) is 0.688. The quantitative estimate of drug-likeness (QED) is 0.861. The second kappa shape index (κ2) is 5.50. The Morgan fingerprint density at radius 3 is 2.41 bits per heavy atom. The van der Waals surface area contributed by atoms with Crippen molar-refractivity contribution in [1.29, 1.82) is 0 Å². The second-order valence-electron chi connectivity index (χ2n) is 6.80. The molecule has 2 saturated carbocycles. The van der Waals surface area contributed by atoms with Crippen LogP contribution in [0, 0.1) is 17.8 Å². The van der Waals surface area contributed by atoms with Gasteiger partial charge in [0.05, 0.1) is 5.92 Å². The first-order valence-electron chi connectivity index (χ1n) is 8.30. The molecule has 0 spiro atoms. The summed E-state index contributed by atoms with van der Waals surface area (Å²) in [5.41, 5.74) is 6.31. The van der Waals surface area contributed by atoms with Crippen molar-refractivity contribution in [3.63, 3.8) is 0 Å². The Kier molecular flexibility index (Phi) is 3.48. The van der Waals surface area contributed by atoms with Gasteiger partial charge in [-0.25, -0.2) is 9.97 Å². The van der Waals surface area contributed by atoms with Crippen LogP contribution >= 0.6 is 0 Å². The predicted molar refractivity (Wildman–Crippen MR) is 83.1 cm³/mol. The molecule has 0 radical (unpaired) electrons. The van der Waals surface area contributed by atoms with Crippen molar-refractivity contribution in [1.82, 2.24) is 14.9 Å². The van der Waals surface area contributed by atoms with Crippen molar-refractivity contribution >= 4 is 11.9 Å². The summed E-state index contributed by atoms with van der Waals surface area (Å²) in [6.45, 7) is 3.09. The summed E-state index contributed by atoms with van der Waals surface area (Å²) in [5.74, 6) is 2.22. The molecule has 118 valence electrons. The number of nitrogens with two attached hydrogens (primary N) is 1. The fourth-order valence-corrected chi connectivity index (χ4v) is 4.49. The van der Waals surface area contributed by atoms with Gasteiger partial charge in [0.1, 0.15) is 0 Å². The van der Waals surface area contributed by atoms with Crippen LogP contribution in [0.15, 0.2) is 18.5 Å². The van der Waals surface area contributed by atoms with Gasteiger partial charge in [-0.3, -0.25) is 4.79 Å². The van der Waals surface area contributed by atoms with E-state index in [0.717, 1.165) is 38.5 Å². The first-order chi connectivity index (χ1) is 10.7. The number of fused-ring (bicyclic) bond motifs is 2. The van der Waals surface area contributed by atoms with E-state index in [1.807, 2.05) is 11.0 Å². The fourth-order valence-electron chi connectivity index (χ4n) is 4.49. The van der Waals surface area contributed by atoms with E-state index < -0.39 is 0 Å². The number of amides is 1. The van der Waals surface area contributed by atoms with E-state index in [2.05, 4.69) is 14.9 Å². The molecule has 6 nitrogen and oxygen atoms in total. The number of carbonyl (C=O) groups excluding carboxylic acids is 1. The molecule has 22 heavy (non-hydrogen) atoms. The van der Waals surface area contributed by atoms with Gasteiger partial charge in [-0.15, -0.1) is 0 Å². The summed E-state index contributed by atoms with van der Waals surface area (Å²) < 4.78 is 0. The molecule has 3 aliphatic rings. The molecular formula is C16H23N5O. The molecular weight excluding hydrogens is 278 g/mol. The molecule has 3 fully saturated rings. The minimum atomic E-state index is 0.0678. The Hall–Kier alpha value is -1.69. The van der Waals surface area contributed by atoms with Gasteiger partial charge < -0.3 is 15.5 Å². The third kappa shape index (κ3) is 2.26. The molecule has 2 bridgehead atoms.